The van der Waals surface area contributed by atoms with Gasteiger partial charge in [0.25, 0.3) is 0 Å². The fraction of sp³-hybridized carbons (Fsp3) is 0.143. The normalized spacial score (nSPS) is 10.8. The first-order valence-electron chi connectivity index (χ1n) is 7.82. The van der Waals surface area contributed by atoms with Crippen LogP contribution in [-0.2, 0) is 12.6 Å². The van der Waals surface area contributed by atoms with E-state index in [-0.39, 0.29) is 7.92 Å². The zero-order valence-corrected chi connectivity index (χ0v) is 13.8. The number of rotatable bonds is 5. The van der Waals surface area contributed by atoms with E-state index in [1.165, 1.54) is 21.7 Å². The molecule has 3 aromatic rings. The van der Waals surface area contributed by atoms with Crippen molar-refractivity contribution in [1.29, 1.82) is 0 Å². The van der Waals surface area contributed by atoms with Crippen LogP contribution >= 0.6 is 7.92 Å². The van der Waals surface area contributed by atoms with E-state index in [2.05, 4.69) is 91.9 Å². The summed E-state index contributed by atoms with van der Waals surface area (Å²) in [4.78, 5) is 0. The molecule has 0 bridgehead atoms. The molecule has 0 N–H and O–H groups in total. The molecule has 0 amide bonds. The van der Waals surface area contributed by atoms with Crippen LogP contribution in [0.5, 0.6) is 0 Å². The number of hydrogen-bond acceptors (Lipinski definition) is 0. The topological polar surface area (TPSA) is 0 Å². The van der Waals surface area contributed by atoms with Crippen molar-refractivity contribution in [3.05, 3.63) is 96.1 Å². The molecule has 0 radical (unpaired) electrons. The largest absolute Gasteiger partial charge is 0.0622 e. The van der Waals surface area contributed by atoms with E-state index < -0.39 is 0 Å². The van der Waals surface area contributed by atoms with Crippen LogP contribution in [0.1, 0.15) is 18.1 Å². The van der Waals surface area contributed by atoms with Gasteiger partial charge in [-0.3, -0.25) is 0 Å². The molecule has 3 rings (SSSR count). The molecule has 22 heavy (non-hydrogen) atoms. The van der Waals surface area contributed by atoms with Gasteiger partial charge in [0.15, 0.2) is 0 Å². The summed E-state index contributed by atoms with van der Waals surface area (Å²) < 4.78 is 0. The standard InChI is InChI=1S/C21H21P/c1-2-18-13-15-19(16-14-18)17-22(20-9-5-3-6-10-20)21-11-7-4-8-12-21/h3-16H,2,17H2,1H3. The molecule has 0 aliphatic heterocycles. The molecule has 1 heteroatoms. The lowest BCUT2D eigenvalue weighted by Gasteiger charge is -2.19. The lowest BCUT2D eigenvalue weighted by Crippen LogP contribution is -2.12. The molecule has 3 aromatic carbocycles. The van der Waals surface area contributed by atoms with Gasteiger partial charge < -0.3 is 0 Å². The van der Waals surface area contributed by atoms with Gasteiger partial charge in [0.1, 0.15) is 0 Å². The highest BCUT2D eigenvalue weighted by Gasteiger charge is 2.13. The molecular formula is C21H21P. The van der Waals surface area contributed by atoms with E-state index in [1.807, 2.05) is 0 Å². The zero-order valence-electron chi connectivity index (χ0n) is 12.9. The van der Waals surface area contributed by atoms with Gasteiger partial charge in [0.05, 0.1) is 0 Å². The maximum absolute atomic E-state index is 2.29. The van der Waals surface area contributed by atoms with Crippen LogP contribution in [-0.4, -0.2) is 0 Å². The van der Waals surface area contributed by atoms with E-state index in [4.69, 9.17) is 0 Å². The second kappa shape index (κ2) is 7.38. The third kappa shape index (κ3) is 3.64. The molecule has 0 aromatic heterocycles. The molecule has 0 heterocycles. The Bertz CT molecular complexity index is 647. The maximum Gasteiger partial charge on any atom is 0.000743 e. The van der Waals surface area contributed by atoms with Crippen molar-refractivity contribution in [2.24, 2.45) is 0 Å². The highest BCUT2D eigenvalue weighted by molar-refractivity contribution is 7.72. The van der Waals surface area contributed by atoms with E-state index in [0.29, 0.717) is 0 Å². The summed E-state index contributed by atoms with van der Waals surface area (Å²) in [6.45, 7) is 2.20. The van der Waals surface area contributed by atoms with Gasteiger partial charge in [-0.2, -0.15) is 0 Å². The minimum absolute atomic E-state index is 0.341. The minimum Gasteiger partial charge on any atom is -0.0622 e. The maximum atomic E-state index is 2.29. The van der Waals surface area contributed by atoms with Crippen LogP contribution in [0.3, 0.4) is 0 Å². The zero-order chi connectivity index (χ0) is 15.2. The van der Waals surface area contributed by atoms with E-state index >= 15 is 0 Å². The Morgan fingerprint density at radius 3 is 1.50 bits per heavy atom. The van der Waals surface area contributed by atoms with Gasteiger partial charge in [-0.1, -0.05) is 91.9 Å². The molecule has 0 saturated heterocycles. The van der Waals surface area contributed by atoms with Crippen molar-refractivity contribution in [3.63, 3.8) is 0 Å². The number of benzene rings is 3. The fourth-order valence-corrected chi connectivity index (χ4v) is 4.91. The van der Waals surface area contributed by atoms with Gasteiger partial charge >= 0.3 is 0 Å². The van der Waals surface area contributed by atoms with Crippen LogP contribution in [0.25, 0.3) is 0 Å². The molecule has 0 unspecified atom stereocenters. The fourth-order valence-electron chi connectivity index (χ4n) is 2.61. The van der Waals surface area contributed by atoms with Crippen LogP contribution < -0.4 is 10.6 Å². The third-order valence-corrected chi connectivity index (χ3v) is 6.43. The summed E-state index contributed by atoms with van der Waals surface area (Å²) in [7, 11) is -0.341. The average molecular weight is 304 g/mol. The minimum atomic E-state index is -0.341. The first kappa shape index (κ1) is 15.0. The lowest BCUT2D eigenvalue weighted by atomic mass is 10.1. The van der Waals surface area contributed by atoms with Gasteiger partial charge in [0, 0.05) is 6.16 Å². The second-order valence-electron chi connectivity index (χ2n) is 5.43. The van der Waals surface area contributed by atoms with Gasteiger partial charge in [0.2, 0.25) is 0 Å². The van der Waals surface area contributed by atoms with Crippen molar-refractivity contribution in [1.82, 2.24) is 0 Å². The van der Waals surface area contributed by atoms with Crippen molar-refractivity contribution in [2.45, 2.75) is 19.5 Å². The molecule has 0 fully saturated rings. The van der Waals surface area contributed by atoms with Gasteiger partial charge in [-0.25, -0.2) is 0 Å². The summed E-state index contributed by atoms with van der Waals surface area (Å²) in [5.74, 6) is 0. The quantitative estimate of drug-likeness (QED) is 0.589. The Kier molecular flexibility index (Phi) is 5.03. The highest BCUT2D eigenvalue weighted by atomic mass is 31.1. The van der Waals surface area contributed by atoms with Gasteiger partial charge in [-0.15, -0.1) is 0 Å². The van der Waals surface area contributed by atoms with E-state index in [0.717, 1.165) is 12.6 Å². The molecule has 0 saturated carbocycles. The van der Waals surface area contributed by atoms with Crippen LogP contribution in [0.15, 0.2) is 84.9 Å². The van der Waals surface area contributed by atoms with Crippen LogP contribution in [0.2, 0.25) is 0 Å². The van der Waals surface area contributed by atoms with Gasteiger partial charge in [-0.05, 0) is 36.1 Å². The molecular weight excluding hydrogens is 283 g/mol. The predicted octanol–water partition coefficient (Wildman–Crippen LogP) is 4.88. The van der Waals surface area contributed by atoms with E-state index in [1.54, 1.807) is 0 Å². The first-order chi connectivity index (χ1) is 10.9. The summed E-state index contributed by atoms with van der Waals surface area (Å²) in [6.07, 6.45) is 2.21. The molecule has 0 aliphatic rings. The molecule has 110 valence electrons. The van der Waals surface area contributed by atoms with Crippen molar-refractivity contribution < 1.29 is 0 Å². The number of aryl methyl sites for hydroxylation is 1. The Morgan fingerprint density at radius 2 is 1.05 bits per heavy atom. The number of hydrogen-bond donors (Lipinski definition) is 0. The smallest absolute Gasteiger partial charge is 0.000743 e. The first-order valence-corrected chi connectivity index (χ1v) is 9.35. The Balaban J connectivity index is 1.91. The van der Waals surface area contributed by atoms with E-state index in [9.17, 15) is 0 Å². The predicted molar refractivity (Wildman–Crippen MR) is 98.6 cm³/mol. The Labute approximate surface area is 134 Å². The lowest BCUT2D eigenvalue weighted by molar-refractivity contribution is 1.13. The Hall–Kier alpha value is -1.91. The second-order valence-corrected chi connectivity index (χ2v) is 7.63. The molecule has 0 aliphatic carbocycles. The highest BCUT2D eigenvalue weighted by Crippen LogP contribution is 2.37. The summed E-state index contributed by atoms with van der Waals surface area (Å²) in [5.41, 5.74) is 2.84. The molecule has 0 nitrogen and oxygen atoms in total. The SMILES string of the molecule is CCc1ccc(CP(c2ccccc2)c2ccccc2)cc1. The van der Waals surface area contributed by atoms with Crippen molar-refractivity contribution in [2.75, 3.05) is 0 Å². The average Bonchev–Trinajstić information content (AvgIpc) is 2.62. The van der Waals surface area contributed by atoms with Crippen molar-refractivity contribution in [3.8, 4) is 0 Å². The van der Waals surface area contributed by atoms with Crippen LogP contribution in [0.4, 0.5) is 0 Å². The molecule has 0 atom stereocenters. The molecule has 0 spiro atoms. The van der Waals surface area contributed by atoms with Crippen molar-refractivity contribution >= 4 is 18.5 Å². The third-order valence-electron chi connectivity index (χ3n) is 3.91. The summed E-state index contributed by atoms with van der Waals surface area (Å²) in [6, 6.07) is 30.9. The summed E-state index contributed by atoms with van der Waals surface area (Å²) >= 11 is 0. The Morgan fingerprint density at radius 1 is 0.591 bits per heavy atom. The summed E-state index contributed by atoms with van der Waals surface area (Å²) in [5, 5.41) is 2.89. The monoisotopic (exact) mass is 304 g/mol. The van der Waals surface area contributed by atoms with Crippen LogP contribution in [0, 0.1) is 0 Å².